The van der Waals surface area contributed by atoms with E-state index in [9.17, 15) is 14.3 Å². The number of phenols is 1. The number of hydrogen-bond donors (Lipinski definition) is 3. The summed E-state index contributed by atoms with van der Waals surface area (Å²) in [6, 6.07) is 9.75. The number of allylic oxidation sites excluding steroid dienone is 1. The lowest BCUT2D eigenvalue weighted by Gasteiger charge is -2.11. The van der Waals surface area contributed by atoms with Gasteiger partial charge in [0.05, 0.1) is 6.04 Å². The summed E-state index contributed by atoms with van der Waals surface area (Å²) in [5, 5.41) is 18.8. The second-order valence-electron chi connectivity index (χ2n) is 4.87. The van der Waals surface area contributed by atoms with E-state index in [1.807, 2.05) is 0 Å². The van der Waals surface area contributed by atoms with Crippen LogP contribution in [0.15, 0.2) is 48.5 Å². The van der Waals surface area contributed by atoms with Gasteiger partial charge in [-0.1, -0.05) is 18.2 Å². The number of nitrogens with one attached hydrogen (secondary N) is 1. The summed E-state index contributed by atoms with van der Waals surface area (Å²) in [7, 11) is 0. The monoisotopic (exact) mass is 301 g/mol. The van der Waals surface area contributed by atoms with Crippen LogP contribution < -0.4 is 5.48 Å². The molecule has 5 heteroatoms. The third-order valence-electron chi connectivity index (χ3n) is 3.27. The number of halogens is 1. The average Bonchev–Trinajstić information content (AvgIpc) is 2.52. The Balaban J connectivity index is 2.14. The molecule has 1 unspecified atom stereocenters. The van der Waals surface area contributed by atoms with E-state index in [2.05, 4.69) is 5.48 Å². The minimum absolute atomic E-state index is 0.0189. The zero-order valence-corrected chi connectivity index (χ0v) is 12.0. The van der Waals surface area contributed by atoms with Gasteiger partial charge in [-0.2, -0.15) is 5.48 Å². The van der Waals surface area contributed by atoms with Crippen molar-refractivity contribution < 1.29 is 19.5 Å². The summed E-state index contributed by atoms with van der Waals surface area (Å²) < 4.78 is 12.8. The van der Waals surface area contributed by atoms with Crippen LogP contribution in [-0.2, 0) is 0 Å². The Labute approximate surface area is 127 Å². The largest absolute Gasteiger partial charge is 0.508 e. The quantitative estimate of drug-likeness (QED) is 0.449. The molecule has 2 aromatic carbocycles. The summed E-state index contributed by atoms with van der Waals surface area (Å²) in [4.78, 5) is 11.9. The van der Waals surface area contributed by atoms with E-state index >= 15 is 0 Å². The van der Waals surface area contributed by atoms with Crippen molar-refractivity contribution in [1.82, 2.24) is 5.48 Å². The normalized spacial score (nSPS) is 12.5. The van der Waals surface area contributed by atoms with Crippen LogP contribution in [-0.4, -0.2) is 16.1 Å². The number of carbonyl (C=O) groups excluding carboxylic acids is 1. The zero-order chi connectivity index (χ0) is 16.1. The van der Waals surface area contributed by atoms with Crippen molar-refractivity contribution in [2.45, 2.75) is 13.0 Å². The Bertz CT molecular complexity index is 696. The van der Waals surface area contributed by atoms with Crippen LogP contribution in [0.4, 0.5) is 4.39 Å². The fourth-order valence-electron chi connectivity index (χ4n) is 1.98. The van der Waals surface area contributed by atoms with E-state index in [0.29, 0.717) is 16.7 Å². The van der Waals surface area contributed by atoms with E-state index in [4.69, 9.17) is 5.21 Å². The van der Waals surface area contributed by atoms with Gasteiger partial charge in [-0.05, 0) is 48.9 Å². The minimum atomic E-state index is -0.404. The van der Waals surface area contributed by atoms with Gasteiger partial charge in [0.2, 0.25) is 0 Å². The molecule has 2 rings (SSSR count). The predicted octanol–water partition coefficient (Wildman–Crippen LogP) is 3.47. The molecule has 0 aromatic heterocycles. The highest BCUT2D eigenvalue weighted by Crippen LogP contribution is 2.25. The Morgan fingerprint density at radius 1 is 1.23 bits per heavy atom. The highest BCUT2D eigenvalue weighted by atomic mass is 19.1. The molecule has 0 heterocycles. The fraction of sp³-hybridized carbons (Fsp3) is 0.118. The van der Waals surface area contributed by atoms with Crippen LogP contribution in [0.3, 0.4) is 0 Å². The summed E-state index contributed by atoms with van der Waals surface area (Å²) in [6.07, 6.45) is 2.92. The molecule has 1 atom stereocenters. The first-order valence-electron chi connectivity index (χ1n) is 6.72. The topological polar surface area (TPSA) is 69.6 Å². The van der Waals surface area contributed by atoms with Crippen LogP contribution in [0.1, 0.15) is 34.5 Å². The Morgan fingerprint density at radius 3 is 2.50 bits per heavy atom. The van der Waals surface area contributed by atoms with Crippen LogP contribution >= 0.6 is 0 Å². The van der Waals surface area contributed by atoms with Gasteiger partial charge in [-0.25, -0.2) is 4.39 Å². The minimum Gasteiger partial charge on any atom is -0.508 e. The molecule has 0 spiro atoms. The lowest BCUT2D eigenvalue weighted by atomic mass is 10.0. The molecule has 0 fully saturated rings. The number of carbonyl (C=O) groups is 1. The van der Waals surface area contributed by atoms with Crippen LogP contribution in [0.25, 0.3) is 6.08 Å². The number of aromatic hydroxyl groups is 1. The third kappa shape index (κ3) is 3.78. The predicted molar refractivity (Wildman–Crippen MR) is 81.2 cm³/mol. The highest BCUT2D eigenvalue weighted by molar-refractivity contribution is 6.06. The average molecular weight is 301 g/mol. The number of rotatable bonds is 5. The van der Waals surface area contributed by atoms with Crippen LogP contribution in [0.5, 0.6) is 5.75 Å². The summed E-state index contributed by atoms with van der Waals surface area (Å²) in [5.74, 6) is -0.632. The van der Waals surface area contributed by atoms with Gasteiger partial charge in [0, 0.05) is 11.1 Å². The maximum absolute atomic E-state index is 12.8. The van der Waals surface area contributed by atoms with Crippen LogP contribution in [0.2, 0.25) is 0 Å². The van der Waals surface area contributed by atoms with Crippen molar-refractivity contribution in [3.05, 3.63) is 71.0 Å². The summed E-state index contributed by atoms with van der Waals surface area (Å²) in [6.45, 7) is 1.70. The first-order chi connectivity index (χ1) is 10.5. The highest BCUT2D eigenvalue weighted by Gasteiger charge is 2.09. The third-order valence-corrected chi connectivity index (χ3v) is 3.27. The molecule has 0 bridgehead atoms. The molecule has 0 saturated carbocycles. The number of phenolic OH excluding ortho intramolecular Hbond substituents is 1. The molecule has 0 radical (unpaired) electrons. The lowest BCUT2D eigenvalue weighted by molar-refractivity contribution is 0.104. The van der Waals surface area contributed by atoms with Gasteiger partial charge in [-0.15, -0.1) is 0 Å². The van der Waals surface area contributed by atoms with Crippen molar-refractivity contribution in [3.8, 4) is 5.75 Å². The van der Waals surface area contributed by atoms with E-state index in [0.717, 1.165) is 0 Å². The van der Waals surface area contributed by atoms with Crippen molar-refractivity contribution in [2.75, 3.05) is 0 Å². The van der Waals surface area contributed by atoms with Crippen molar-refractivity contribution in [3.63, 3.8) is 0 Å². The van der Waals surface area contributed by atoms with Gasteiger partial charge in [-0.3, -0.25) is 4.79 Å². The molecular formula is C17H16FNO3. The summed E-state index contributed by atoms with van der Waals surface area (Å²) in [5.41, 5.74) is 3.63. The molecule has 3 N–H and O–H groups in total. The number of hydroxylamine groups is 1. The SMILES string of the molecule is CC(NO)c1ccc(/C=C/C(=O)c2ccc(F)cc2)cc1O. The van der Waals surface area contributed by atoms with Gasteiger partial charge < -0.3 is 10.3 Å². The van der Waals surface area contributed by atoms with E-state index in [1.165, 1.54) is 36.4 Å². The molecule has 0 aliphatic rings. The maximum atomic E-state index is 12.8. The number of ketones is 1. The smallest absolute Gasteiger partial charge is 0.185 e. The molecule has 0 aliphatic heterocycles. The van der Waals surface area contributed by atoms with Crippen molar-refractivity contribution >= 4 is 11.9 Å². The Morgan fingerprint density at radius 2 is 1.91 bits per heavy atom. The molecule has 114 valence electrons. The first kappa shape index (κ1) is 15.9. The van der Waals surface area contributed by atoms with E-state index in [1.54, 1.807) is 25.1 Å². The second kappa shape index (κ2) is 6.98. The van der Waals surface area contributed by atoms with Crippen molar-refractivity contribution in [2.24, 2.45) is 0 Å². The van der Waals surface area contributed by atoms with Crippen molar-refractivity contribution in [1.29, 1.82) is 0 Å². The fourth-order valence-corrected chi connectivity index (χ4v) is 1.98. The van der Waals surface area contributed by atoms with Crippen LogP contribution in [0, 0.1) is 5.82 Å². The van der Waals surface area contributed by atoms with E-state index in [-0.39, 0.29) is 11.5 Å². The van der Waals surface area contributed by atoms with Gasteiger partial charge >= 0.3 is 0 Å². The van der Waals surface area contributed by atoms with Gasteiger partial charge in [0.25, 0.3) is 0 Å². The molecule has 4 nitrogen and oxygen atoms in total. The summed E-state index contributed by atoms with van der Waals surface area (Å²) >= 11 is 0. The van der Waals surface area contributed by atoms with Gasteiger partial charge in [0.1, 0.15) is 11.6 Å². The molecule has 0 amide bonds. The second-order valence-corrected chi connectivity index (χ2v) is 4.87. The Hall–Kier alpha value is -2.50. The first-order valence-corrected chi connectivity index (χ1v) is 6.72. The number of benzene rings is 2. The maximum Gasteiger partial charge on any atom is 0.185 e. The van der Waals surface area contributed by atoms with E-state index < -0.39 is 11.9 Å². The standard InChI is InChI=1S/C17H16FNO3/c1-11(19-22)15-8-2-12(10-17(15)21)3-9-16(20)13-4-6-14(18)7-5-13/h2-11,19,21-22H,1H3/b9-3+. The van der Waals surface area contributed by atoms with Gasteiger partial charge in [0.15, 0.2) is 5.78 Å². The molecule has 0 aliphatic carbocycles. The molecule has 2 aromatic rings. The molecular weight excluding hydrogens is 285 g/mol. The lowest BCUT2D eigenvalue weighted by Crippen LogP contribution is -2.13. The number of hydrogen-bond acceptors (Lipinski definition) is 4. The zero-order valence-electron chi connectivity index (χ0n) is 12.0. The molecule has 22 heavy (non-hydrogen) atoms. The Kier molecular flexibility index (Phi) is 5.04. The molecule has 0 saturated heterocycles.